The first-order valence-corrected chi connectivity index (χ1v) is 10.1. The van der Waals surface area contributed by atoms with Gasteiger partial charge in [-0.3, -0.25) is 14.5 Å². The highest BCUT2D eigenvalue weighted by Gasteiger charge is 2.50. The van der Waals surface area contributed by atoms with Crippen molar-refractivity contribution in [3.63, 3.8) is 0 Å². The van der Waals surface area contributed by atoms with E-state index in [-0.39, 0.29) is 30.2 Å². The van der Waals surface area contributed by atoms with Crippen molar-refractivity contribution < 1.29 is 22.8 Å². The van der Waals surface area contributed by atoms with Crippen molar-refractivity contribution in [3.8, 4) is 0 Å². The Morgan fingerprint density at radius 2 is 2.03 bits per heavy atom. The molecule has 2 fully saturated rings. The molecule has 1 aliphatic heterocycles. The van der Waals surface area contributed by atoms with Gasteiger partial charge in [0.15, 0.2) is 0 Å². The molecule has 10 heteroatoms. The summed E-state index contributed by atoms with van der Waals surface area (Å²) in [7, 11) is 0. The number of anilines is 1. The summed E-state index contributed by atoms with van der Waals surface area (Å²) in [5.41, 5.74) is 0.344. The molecule has 164 valence electrons. The van der Waals surface area contributed by atoms with Crippen LogP contribution >= 0.6 is 0 Å². The Morgan fingerprint density at radius 1 is 1.23 bits per heavy atom. The highest BCUT2D eigenvalue weighted by molar-refractivity contribution is 5.99. The van der Waals surface area contributed by atoms with Gasteiger partial charge in [-0.2, -0.15) is 13.2 Å². The zero-order chi connectivity index (χ0) is 22.2. The number of hydrogen-bond acceptors (Lipinski definition) is 5. The van der Waals surface area contributed by atoms with Crippen LogP contribution in [0.5, 0.6) is 0 Å². The number of alkyl halides is 3. The second-order valence-corrected chi connectivity index (χ2v) is 8.15. The van der Waals surface area contributed by atoms with Gasteiger partial charge in [0.2, 0.25) is 11.7 Å². The van der Waals surface area contributed by atoms with Crippen LogP contribution in [-0.4, -0.2) is 39.4 Å². The maximum atomic E-state index is 13.2. The molecule has 2 atom stereocenters. The van der Waals surface area contributed by atoms with Crippen LogP contribution in [0.1, 0.15) is 54.1 Å². The lowest BCUT2D eigenvalue weighted by molar-refractivity contribution is -0.145. The number of rotatable bonds is 3. The molecule has 7 nitrogen and oxygen atoms in total. The predicted octanol–water partition coefficient (Wildman–Crippen LogP) is 3.29. The van der Waals surface area contributed by atoms with Crippen LogP contribution in [0.3, 0.4) is 0 Å². The van der Waals surface area contributed by atoms with E-state index in [1.807, 2.05) is 0 Å². The summed E-state index contributed by atoms with van der Waals surface area (Å²) >= 11 is 0. The zero-order valence-electron chi connectivity index (χ0n) is 16.9. The second kappa shape index (κ2) is 7.90. The van der Waals surface area contributed by atoms with Gasteiger partial charge in [-0.15, -0.1) is 0 Å². The summed E-state index contributed by atoms with van der Waals surface area (Å²) < 4.78 is 38.9. The number of aryl methyl sites for hydroxylation is 1. The summed E-state index contributed by atoms with van der Waals surface area (Å²) in [5.74, 6) is -1.84. The smallest absolute Gasteiger partial charge is 0.348 e. The summed E-state index contributed by atoms with van der Waals surface area (Å²) in [6.07, 6.45) is -0.609. The Kier molecular flexibility index (Phi) is 5.40. The molecule has 0 bridgehead atoms. The van der Waals surface area contributed by atoms with Crippen LogP contribution in [0, 0.1) is 12.3 Å². The van der Waals surface area contributed by atoms with Crippen molar-refractivity contribution in [1.82, 2.24) is 20.3 Å². The van der Waals surface area contributed by atoms with E-state index >= 15 is 0 Å². The third-order valence-electron chi connectivity index (χ3n) is 5.99. The number of nitrogens with zero attached hydrogens (tertiary/aromatic N) is 4. The molecule has 3 heterocycles. The largest absolute Gasteiger partial charge is 0.451 e. The first-order chi connectivity index (χ1) is 14.7. The fourth-order valence-corrected chi connectivity index (χ4v) is 4.51. The van der Waals surface area contributed by atoms with Gasteiger partial charge in [0.1, 0.15) is 11.5 Å². The molecule has 4 rings (SSSR count). The van der Waals surface area contributed by atoms with Crippen LogP contribution in [-0.2, 0) is 11.0 Å². The van der Waals surface area contributed by atoms with Gasteiger partial charge >= 0.3 is 6.18 Å². The van der Waals surface area contributed by atoms with Gasteiger partial charge in [-0.1, -0.05) is 12.5 Å². The number of hydrogen-bond donors (Lipinski definition) is 1. The van der Waals surface area contributed by atoms with Gasteiger partial charge in [-0.05, 0) is 50.8 Å². The van der Waals surface area contributed by atoms with Gasteiger partial charge in [0, 0.05) is 24.5 Å². The number of pyridine rings is 1. The minimum absolute atomic E-state index is 0.0423. The van der Waals surface area contributed by atoms with Crippen LogP contribution in [0.2, 0.25) is 0 Å². The molecule has 1 spiro atoms. The van der Waals surface area contributed by atoms with Crippen LogP contribution in [0.25, 0.3) is 0 Å². The van der Waals surface area contributed by atoms with Crippen LogP contribution < -0.4 is 10.2 Å². The molecule has 2 amide bonds. The summed E-state index contributed by atoms with van der Waals surface area (Å²) in [4.78, 5) is 38.2. The van der Waals surface area contributed by atoms with E-state index in [1.54, 1.807) is 25.1 Å². The van der Waals surface area contributed by atoms with E-state index in [4.69, 9.17) is 0 Å². The summed E-state index contributed by atoms with van der Waals surface area (Å²) in [6.45, 7) is 2.09. The van der Waals surface area contributed by atoms with E-state index < -0.39 is 17.4 Å². The minimum atomic E-state index is -4.68. The first-order valence-electron chi connectivity index (χ1n) is 10.1. The van der Waals surface area contributed by atoms with Gasteiger partial charge in [0.05, 0.1) is 5.41 Å². The Labute approximate surface area is 177 Å². The standard InChI is InChI=1S/C21H22F3N5O2/c1-13-4-2-6-15(26-13)17(30)27-14-5-3-8-20(12-14)9-11-29(19(20)31)16-7-10-25-18(28-16)21(22,23)24/h2,4,6-7,10,14H,3,5,8-9,11-12H2,1H3,(H,27,30)/t14-,20-/m1/s1. The summed E-state index contributed by atoms with van der Waals surface area (Å²) in [6, 6.07) is 6.31. The van der Waals surface area contributed by atoms with Crippen molar-refractivity contribution in [2.45, 2.75) is 51.2 Å². The lowest BCUT2D eigenvalue weighted by Gasteiger charge is -2.36. The number of carbonyl (C=O) groups excluding carboxylic acids is 2. The molecule has 1 saturated heterocycles. The predicted molar refractivity (Wildman–Crippen MR) is 105 cm³/mol. The van der Waals surface area contributed by atoms with Gasteiger partial charge in [-0.25, -0.2) is 15.0 Å². The van der Waals surface area contributed by atoms with Gasteiger partial charge in [0.25, 0.3) is 5.91 Å². The molecule has 2 aromatic heterocycles. The molecule has 0 unspecified atom stereocenters. The van der Waals surface area contributed by atoms with Crippen LogP contribution in [0.4, 0.5) is 19.0 Å². The molecular formula is C21H22F3N5O2. The maximum absolute atomic E-state index is 13.2. The molecule has 31 heavy (non-hydrogen) atoms. The molecule has 1 aliphatic carbocycles. The van der Waals surface area contributed by atoms with E-state index in [0.717, 1.165) is 24.7 Å². The Balaban J connectivity index is 1.48. The third kappa shape index (κ3) is 4.24. The molecule has 2 aromatic rings. The number of nitrogens with one attached hydrogen (secondary N) is 1. The second-order valence-electron chi connectivity index (χ2n) is 8.15. The molecule has 1 saturated carbocycles. The highest BCUT2D eigenvalue weighted by atomic mass is 19.4. The SMILES string of the molecule is Cc1cccc(C(=O)N[C@@H]2CCC[C@@]3(CCN(c4ccnc(C(F)(F)F)n4)C3=O)C2)n1. The monoisotopic (exact) mass is 433 g/mol. The number of aromatic nitrogens is 3. The third-order valence-corrected chi connectivity index (χ3v) is 5.99. The van der Waals surface area contributed by atoms with E-state index in [1.165, 1.54) is 11.0 Å². The van der Waals surface area contributed by atoms with E-state index in [9.17, 15) is 22.8 Å². The van der Waals surface area contributed by atoms with Crippen molar-refractivity contribution in [1.29, 1.82) is 0 Å². The molecule has 0 radical (unpaired) electrons. The van der Waals surface area contributed by atoms with Crippen molar-refractivity contribution in [2.75, 3.05) is 11.4 Å². The minimum Gasteiger partial charge on any atom is -0.348 e. The topological polar surface area (TPSA) is 88.1 Å². The Hall–Kier alpha value is -3.04. The van der Waals surface area contributed by atoms with Crippen molar-refractivity contribution in [2.24, 2.45) is 5.41 Å². The number of carbonyl (C=O) groups is 2. The lowest BCUT2D eigenvalue weighted by atomic mass is 9.71. The quantitative estimate of drug-likeness (QED) is 0.803. The van der Waals surface area contributed by atoms with E-state index in [0.29, 0.717) is 25.0 Å². The fraction of sp³-hybridized carbons (Fsp3) is 0.476. The lowest BCUT2D eigenvalue weighted by Crippen LogP contribution is -2.46. The number of amides is 2. The number of halogens is 3. The van der Waals surface area contributed by atoms with E-state index in [2.05, 4.69) is 20.3 Å². The molecule has 0 aromatic carbocycles. The van der Waals surface area contributed by atoms with Crippen molar-refractivity contribution in [3.05, 3.63) is 47.7 Å². The normalized spacial score (nSPS) is 23.9. The average molecular weight is 433 g/mol. The Bertz CT molecular complexity index is 1010. The fourth-order valence-electron chi connectivity index (χ4n) is 4.51. The van der Waals surface area contributed by atoms with Crippen LogP contribution in [0.15, 0.2) is 30.5 Å². The highest BCUT2D eigenvalue weighted by Crippen LogP contribution is 2.46. The zero-order valence-corrected chi connectivity index (χ0v) is 16.9. The molecule has 2 aliphatic rings. The first kappa shape index (κ1) is 21.2. The molecule has 1 N–H and O–H groups in total. The molecular weight excluding hydrogens is 411 g/mol. The van der Waals surface area contributed by atoms with Crippen molar-refractivity contribution >= 4 is 17.6 Å². The Morgan fingerprint density at radius 3 is 2.77 bits per heavy atom. The summed E-state index contributed by atoms with van der Waals surface area (Å²) in [5, 5.41) is 2.97. The van der Waals surface area contributed by atoms with Gasteiger partial charge < -0.3 is 5.32 Å². The average Bonchev–Trinajstić information content (AvgIpc) is 3.03. The maximum Gasteiger partial charge on any atom is 0.451 e.